The van der Waals surface area contributed by atoms with Gasteiger partial charge < -0.3 is 10.1 Å². The highest BCUT2D eigenvalue weighted by molar-refractivity contribution is 7.89. The average molecular weight is 477 g/mol. The third kappa shape index (κ3) is 8.17. The van der Waals surface area contributed by atoms with Gasteiger partial charge in [-0.3, -0.25) is 0 Å². The number of ether oxygens (including phenoxy) is 1. The predicted molar refractivity (Wildman–Crippen MR) is 120 cm³/mol. The SMILES string of the molecule is C=CCNCCCCCCOC1CCC(N(C)S(=O)(=O)c2ccc(C(F)(F)F)cc2)CC1. The van der Waals surface area contributed by atoms with Crippen molar-refractivity contribution in [1.82, 2.24) is 9.62 Å². The van der Waals surface area contributed by atoms with Crippen LogP contribution < -0.4 is 5.32 Å². The molecule has 1 aromatic carbocycles. The number of sulfonamides is 1. The van der Waals surface area contributed by atoms with E-state index in [1.807, 2.05) is 6.08 Å². The zero-order chi connectivity index (χ0) is 23.6. The molecule has 0 spiro atoms. The van der Waals surface area contributed by atoms with Crippen LogP contribution in [-0.4, -0.2) is 51.6 Å². The van der Waals surface area contributed by atoms with Crippen molar-refractivity contribution in [1.29, 1.82) is 0 Å². The van der Waals surface area contributed by atoms with Crippen molar-refractivity contribution in [3.8, 4) is 0 Å². The van der Waals surface area contributed by atoms with Crippen LogP contribution in [0.2, 0.25) is 0 Å². The molecule has 0 aromatic heterocycles. The lowest BCUT2D eigenvalue weighted by Gasteiger charge is -2.34. The highest BCUT2D eigenvalue weighted by atomic mass is 32.2. The molecule has 0 heterocycles. The van der Waals surface area contributed by atoms with Gasteiger partial charge in [0.15, 0.2) is 0 Å². The third-order valence-corrected chi connectivity index (χ3v) is 7.83. The Morgan fingerprint density at radius 2 is 1.72 bits per heavy atom. The minimum absolute atomic E-state index is 0.119. The summed E-state index contributed by atoms with van der Waals surface area (Å²) in [5.74, 6) is 0. The Labute approximate surface area is 190 Å². The maximum atomic E-state index is 12.8. The highest BCUT2D eigenvalue weighted by Crippen LogP contribution is 2.32. The van der Waals surface area contributed by atoms with Crippen molar-refractivity contribution >= 4 is 10.0 Å². The first-order chi connectivity index (χ1) is 15.2. The number of hydrogen-bond donors (Lipinski definition) is 1. The van der Waals surface area contributed by atoms with Gasteiger partial charge in [-0.1, -0.05) is 18.9 Å². The van der Waals surface area contributed by atoms with Gasteiger partial charge in [-0.2, -0.15) is 17.5 Å². The number of benzene rings is 1. The normalized spacial score (nSPS) is 19.9. The highest BCUT2D eigenvalue weighted by Gasteiger charge is 2.34. The molecule has 1 aromatic rings. The molecule has 0 aliphatic heterocycles. The van der Waals surface area contributed by atoms with E-state index in [2.05, 4.69) is 11.9 Å². The minimum Gasteiger partial charge on any atom is -0.378 e. The molecule has 0 saturated heterocycles. The molecule has 1 saturated carbocycles. The molecule has 1 aliphatic carbocycles. The molecule has 9 heteroatoms. The number of nitrogens with zero attached hydrogens (tertiary/aromatic N) is 1. The van der Waals surface area contributed by atoms with Crippen molar-refractivity contribution in [2.45, 2.75) is 74.6 Å². The van der Waals surface area contributed by atoms with Crippen LogP contribution in [0.5, 0.6) is 0 Å². The molecule has 32 heavy (non-hydrogen) atoms. The van der Waals surface area contributed by atoms with E-state index in [0.717, 1.165) is 82.5 Å². The van der Waals surface area contributed by atoms with Gasteiger partial charge in [-0.15, -0.1) is 6.58 Å². The largest absolute Gasteiger partial charge is 0.416 e. The molecule has 0 unspecified atom stereocenters. The molecule has 1 N–H and O–H groups in total. The maximum absolute atomic E-state index is 12.8. The Morgan fingerprint density at radius 3 is 2.31 bits per heavy atom. The molecule has 2 rings (SSSR count). The van der Waals surface area contributed by atoms with Gasteiger partial charge >= 0.3 is 6.18 Å². The molecular weight excluding hydrogens is 441 g/mol. The molecule has 1 fully saturated rings. The molecule has 182 valence electrons. The first-order valence-electron chi connectivity index (χ1n) is 11.2. The van der Waals surface area contributed by atoms with Crippen LogP contribution in [0.4, 0.5) is 13.2 Å². The Hall–Kier alpha value is -1.42. The van der Waals surface area contributed by atoms with E-state index >= 15 is 0 Å². The van der Waals surface area contributed by atoms with Crippen LogP contribution >= 0.6 is 0 Å². The van der Waals surface area contributed by atoms with E-state index in [-0.39, 0.29) is 17.0 Å². The van der Waals surface area contributed by atoms with Crippen molar-refractivity contribution in [3.63, 3.8) is 0 Å². The summed E-state index contributed by atoms with van der Waals surface area (Å²) >= 11 is 0. The van der Waals surface area contributed by atoms with Gasteiger partial charge in [0.05, 0.1) is 16.6 Å². The Balaban J connectivity index is 1.71. The third-order valence-electron chi connectivity index (χ3n) is 5.91. The summed E-state index contributed by atoms with van der Waals surface area (Å²) in [7, 11) is -2.34. The summed E-state index contributed by atoms with van der Waals surface area (Å²) in [6.45, 7) is 6.22. The van der Waals surface area contributed by atoms with Crippen LogP contribution in [0.1, 0.15) is 56.9 Å². The molecular formula is C23H35F3N2O3S. The van der Waals surface area contributed by atoms with Crippen molar-refractivity contribution in [2.24, 2.45) is 0 Å². The van der Waals surface area contributed by atoms with E-state index < -0.39 is 21.8 Å². The first-order valence-corrected chi connectivity index (χ1v) is 12.7. The van der Waals surface area contributed by atoms with E-state index in [1.165, 1.54) is 11.4 Å². The zero-order valence-electron chi connectivity index (χ0n) is 18.7. The summed E-state index contributed by atoms with van der Waals surface area (Å²) in [4.78, 5) is -0.119. The Bertz CT molecular complexity index is 790. The Morgan fingerprint density at radius 1 is 1.09 bits per heavy atom. The zero-order valence-corrected chi connectivity index (χ0v) is 19.6. The lowest BCUT2D eigenvalue weighted by atomic mass is 9.93. The summed E-state index contributed by atoms with van der Waals surface area (Å²) in [5, 5.41) is 3.28. The summed E-state index contributed by atoms with van der Waals surface area (Å²) < 4.78 is 71.1. The van der Waals surface area contributed by atoms with Crippen LogP contribution in [-0.2, 0) is 20.9 Å². The van der Waals surface area contributed by atoms with Gasteiger partial charge in [-0.25, -0.2) is 8.42 Å². The quantitative estimate of drug-likeness (QED) is 0.322. The second kappa shape index (κ2) is 12.7. The van der Waals surface area contributed by atoms with Crippen LogP contribution in [0, 0.1) is 0 Å². The van der Waals surface area contributed by atoms with Crippen LogP contribution in [0.25, 0.3) is 0 Å². The lowest BCUT2D eigenvalue weighted by Crippen LogP contribution is -2.40. The summed E-state index contributed by atoms with van der Waals surface area (Å²) in [6.07, 6.45) is 4.86. The number of alkyl halides is 3. The van der Waals surface area contributed by atoms with Gasteiger partial charge in [0.2, 0.25) is 10.0 Å². The fourth-order valence-electron chi connectivity index (χ4n) is 3.91. The minimum atomic E-state index is -4.49. The maximum Gasteiger partial charge on any atom is 0.416 e. The average Bonchev–Trinajstić information content (AvgIpc) is 2.77. The number of unbranched alkanes of at least 4 members (excludes halogenated alkanes) is 3. The predicted octanol–water partition coefficient (Wildman–Crippen LogP) is 4.99. The number of halogens is 3. The number of rotatable bonds is 13. The van der Waals surface area contributed by atoms with Crippen molar-refractivity contribution < 1.29 is 26.3 Å². The summed E-state index contributed by atoms with van der Waals surface area (Å²) in [5.41, 5.74) is -0.860. The smallest absolute Gasteiger partial charge is 0.378 e. The number of nitrogens with one attached hydrogen (secondary N) is 1. The molecule has 0 radical (unpaired) electrons. The molecule has 5 nitrogen and oxygen atoms in total. The first kappa shape index (κ1) is 26.8. The van der Waals surface area contributed by atoms with Crippen molar-refractivity contribution in [3.05, 3.63) is 42.5 Å². The monoisotopic (exact) mass is 476 g/mol. The van der Waals surface area contributed by atoms with E-state index in [4.69, 9.17) is 4.74 Å². The Kier molecular flexibility index (Phi) is 10.7. The lowest BCUT2D eigenvalue weighted by molar-refractivity contribution is -0.137. The van der Waals surface area contributed by atoms with Gasteiger partial charge in [0.25, 0.3) is 0 Å². The van der Waals surface area contributed by atoms with Gasteiger partial charge in [-0.05, 0) is 69.3 Å². The standard InChI is InChI=1S/C23H35F3N2O3S/c1-3-16-27-17-6-4-5-7-18-31-21-12-10-20(11-13-21)28(2)32(29,30)22-14-8-19(9-15-22)23(24,25)26/h3,8-9,14-15,20-21,27H,1,4-7,10-13,16-18H2,2H3. The second-order valence-electron chi connectivity index (χ2n) is 8.25. The molecule has 1 aliphatic rings. The summed E-state index contributed by atoms with van der Waals surface area (Å²) in [6, 6.07) is 3.50. The van der Waals surface area contributed by atoms with Crippen LogP contribution in [0.15, 0.2) is 41.8 Å². The van der Waals surface area contributed by atoms with Crippen LogP contribution in [0.3, 0.4) is 0 Å². The molecule has 0 bridgehead atoms. The number of hydrogen-bond acceptors (Lipinski definition) is 4. The molecule has 0 amide bonds. The van der Waals surface area contributed by atoms with E-state index in [0.29, 0.717) is 12.8 Å². The van der Waals surface area contributed by atoms with Gasteiger partial charge in [0, 0.05) is 26.2 Å². The van der Waals surface area contributed by atoms with Gasteiger partial charge in [0.1, 0.15) is 0 Å². The topological polar surface area (TPSA) is 58.6 Å². The molecule has 0 atom stereocenters. The second-order valence-corrected chi connectivity index (χ2v) is 10.2. The van der Waals surface area contributed by atoms with Crippen molar-refractivity contribution in [2.75, 3.05) is 26.7 Å². The fourth-order valence-corrected chi connectivity index (χ4v) is 5.33. The van der Waals surface area contributed by atoms with E-state index in [1.54, 1.807) is 0 Å². The van der Waals surface area contributed by atoms with E-state index in [9.17, 15) is 21.6 Å². The fraction of sp³-hybridized carbons (Fsp3) is 0.652.